The quantitative estimate of drug-likeness (QED) is 0.558. The van der Waals surface area contributed by atoms with E-state index in [2.05, 4.69) is 31.0 Å². The molecule has 0 aliphatic rings. The summed E-state index contributed by atoms with van der Waals surface area (Å²) in [4.78, 5) is 19.5. The van der Waals surface area contributed by atoms with Crippen LogP contribution < -0.4 is 5.56 Å². The van der Waals surface area contributed by atoms with Crippen molar-refractivity contribution in [3.63, 3.8) is 0 Å². The molecular formula is C17H13BrN4O. The lowest BCUT2D eigenvalue weighted by Gasteiger charge is -2.02. The summed E-state index contributed by atoms with van der Waals surface area (Å²) in [7, 11) is 0. The maximum absolute atomic E-state index is 12.2. The van der Waals surface area contributed by atoms with Crippen molar-refractivity contribution >= 4 is 32.5 Å². The number of hydrogen-bond acceptors (Lipinski definition) is 3. The summed E-state index contributed by atoms with van der Waals surface area (Å²) in [5, 5.41) is 5.28. The van der Waals surface area contributed by atoms with Crippen LogP contribution in [0.2, 0.25) is 0 Å². The van der Waals surface area contributed by atoms with Crippen molar-refractivity contribution in [2.75, 3.05) is 0 Å². The van der Waals surface area contributed by atoms with Gasteiger partial charge in [0.1, 0.15) is 5.65 Å². The van der Waals surface area contributed by atoms with E-state index in [0.29, 0.717) is 11.0 Å². The molecule has 0 spiro atoms. The van der Waals surface area contributed by atoms with Crippen molar-refractivity contribution in [2.24, 2.45) is 0 Å². The highest BCUT2D eigenvalue weighted by Crippen LogP contribution is 2.23. The summed E-state index contributed by atoms with van der Waals surface area (Å²) < 4.78 is 2.67. The first kappa shape index (κ1) is 14.1. The van der Waals surface area contributed by atoms with Gasteiger partial charge in [-0.2, -0.15) is 5.10 Å². The summed E-state index contributed by atoms with van der Waals surface area (Å²) in [5.41, 5.74) is 5.00. The number of nitrogens with one attached hydrogen (secondary N) is 1. The van der Waals surface area contributed by atoms with Gasteiger partial charge in [-0.05, 0) is 44.2 Å². The molecule has 4 aromatic rings. The molecular weight excluding hydrogens is 356 g/mol. The summed E-state index contributed by atoms with van der Waals surface area (Å²) in [6, 6.07) is 11.4. The maximum Gasteiger partial charge on any atom is 0.259 e. The number of pyridine rings is 1. The number of fused-ring (bicyclic) bond motifs is 3. The minimum absolute atomic E-state index is 0.117. The molecule has 0 bridgehead atoms. The average Bonchev–Trinajstić information content (AvgIpc) is 2.90. The van der Waals surface area contributed by atoms with Crippen LogP contribution in [-0.2, 0) is 0 Å². The molecule has 1 aromatic carbocycles. The molecule has 3 heterocycles. The molecule has 0 aliphatic carbocycles. The van der Waals surface area contributed by atoms with E-state index < -0.39 is 0 Å². The fraction of sp³-hybridized carbons (Fsp3) is 0.118. The number of rotatable bonds is 1. The van der Waals surface area contributed by atoms with Crippen LogP contribution in [-0.4, -0.2) is 19.6 Å². The zero-order valence-corrected chi connectivity index (χ0v) is 14.2. The maximum atomic E-state index is 12.2. The second kappa shape index (κ2) is 5.03. The first-order chi connectivity index (χ1) is 11.0. The van der Waals surface area contributed by atoms with Gasteiger partial charge in [0.2, 0.25) is 0 Å². The van der Waals surface area contributed by atoms with Crippen LogP contribution in [0.3, 0.4) is 0 Å². The van der Waals surface area contributed by atoms with E-state index >= 15 is 0 Å². The highest BCUT2D eigenvalue weighted by molar-refractivity contribution is 9.10. The Labute approximate surface area is 140 Å². The van der Waals surface area contributed by atoms with E-state index in [4.69, 9.17) is 0 Å². The van der Waals surface area contributed by atoms with Gasteiger partial charge >= 0.3 is 0 Å². The number of aromatic amines is 1. The van der Waals surface area contributed by atoms with Crippen LogP contribution in [0, 0.1) is 13.8 Å². The Kier molecular flexibility index (Phi) is 3.09. The SMILES string of the molecule is Cc1cc(-c2cc3[nH]c(=O)c4ccc(Br)cc4n3n2)cc(C)n1. The summed E-state index contributed by atoms with van der Waals surface area (Å²) in [5.74, 6) is 0. The van der Waals surface area contributed by atoms with Crippen LogP contribution in [0.25, 0.3) is 27.8 Å². The molecule has 23 heavy (non-hydrogen) atoms. The Bertz CT molecular complexity index is 1110. The Morgan fingerprint density at radius 3 is 2.57 bits per heavy atom. The van der Waals surface area contributed by atoms with E-state index in [0.717, 1.165) is 32.6 Å². The minimum Gasteiger partial charge on any atom is -0.306 e. The monoisotopic (exact) mass is 368 g/mol. The number of aromatic nitrogens is 4. The van der Waals surface area contributed by atoms with Crippen molar-refractivity contribution < 1.29 is 0 Å². The molecule has 1 N–H and O–H groups in total. The zero-order valence-electron chi connectivity index (χ0n) is 12.6. The molecule has 0 saturated carbocycles. The Morgan fingerprint density at radius 1 is 1.09 bits per heavy atom. The first-order valence-corrected chi connectivity index (χ1v) is 7.97. The van der Waals surface area contributed by atoms with E-state index in [1.165, 1.54) is 0 Å². The molecule has 6 heteroatoms. The van der Waals surface area contributed by atoms with Gasteiger partial charge in [-0.25, -0.2) is 4.52 Å². The number of benzene rings is 1. The van der Waals surface area contributed by atoms with Crippen molar-refractivity contribution in [3.8, 4) is 11.3 Å². The topological polar surface area (TPSA) is 63.0 Å². The molecule has 5 nitrogen and oxygen atoms in total. The van der Waals surface area contributed by atoms with E-state index in [9.17, 15) is 4.79 Å². The van der Waals surface area contributed by atoms with Gasteiger partial charge in [0.05, 0.1) is 16.6 Å². The van der Waals surface area contributed by atoms with Gasteiger partial charge in [0, 0.05) is 27.5 Å². The van der Waals surface area contributed by atoms with E-state index in [1.54, 1.807) is 10.6 Å². The predicted molar refractivity (Wildman–Crippen MR) is 93.7 cm³/mol. The molecule has 114 valence electrons. The Balaban J connectivity index is 2.06. The molecule has 0 amide bonds. The first-order valence-electron chi connectivity index (χ1n) is 7.18. The van der Waals surface area contributed by atoms with Gasteiger partial charge < -0.3 is 4.98 Å². The Morgan fingerprint density at radius 2 is 1.83 bits per heavy atom. The third-order valence-corrected chi connectivity index (χ3v) is 4.25. The fourth-order valence-electron chi connectivity index (χ4n) is 2.83. The second-order valence-electron chi connectivity index (χ2n) is 5.58. The molecule has 0 radical (unpaired) electrons. The van der Waals surface area contributed by atoms with Gasteiger partial charge in [0.25, 0.3) is 5.56 Å². The van der Waals surface area contributed by atoms with Crippen molar-refractivity contribution in [3.05, 3.63) is 62.6 Å². The average molecular weight is 369 g/mol. The van der Waals surface area contributed by atoms with Crippen LogP contribution >= 0.6 is 15.9 Å². The van der Waals surface area contributed by atoms with E-state index in [-0.39, 0.29) is 5.56 Å². The zero-order chi connectivity index (χ0) is 16.1. The van der Waals surface area contributed by atoms with Crippen molar-refractivity contribution in [1.82, 2.24) is 19.6 Å². The number of halogens is 1. The lowest BCUT2D eigenvalue weighted by Crippen LogP contribution is -2.09. The predicted octanol–water partition coefficient (Wildman–Crippen LogP) is 3.62. The van der Waals surface area contributed by atoms with Crippen molar-refractivity contribution in [1.29, 1.82) is 0 Å². The number of H-pyrrole nitrogens is 1. The largest absolute Gasteiger partial charge is 0.306 e. The lowest BCUT2D eigenvalue weighted by molar-refractivity contribution is 0.979. The summed E-state index contributed by atoms with van der Waals surface area (Å²) in [6.07, 6.45) is 0. The van der Waals surface area contributed by atoms with Gasteiger partial charge in [-0.3, -0.25) is 9.78 Å². The third kappa shape index (κ3) is 2.35. The normalized spacial score (nSPS) is 11.4. The molecule has 0 saturated heterocycles. The van der Waals surface area contributed by atoms with Crippen molar-refractivity contribution in [2.45, 2.75) is 13.8 Å². The van der Waals surface area contributed by atoms with Crippen LogP contribution in [0.1, 0.15) is 11.4 Å². The van der Waals surface area contributed by atoms with Gasteiger partial charge in [0.15, 0.2) is 0 Å². The standard InChI is InChI=1S/C17H13BrN4O/c1-9-5-11(6-10(2)19-9)14-8-16-20-17(23)13-4-3-12(18)7-15(13)22(16)21-14/h3-8H,1-2H3,(H,20,23). The highest BCUT2D eigenvalue weighted by atomic mass is 79.9. The molecule has 0 fully saturated rings. The van der Waals surface area contributed by atoms with E-state index in [1.807, 2.05) is 44.2 Å². The summed E-state index contributed by atoms with van der Waals surface area (Å²) in [6.45, 7) is 3.92. The van der Waals surface area contributed by atoms with Gasteiger partial charge in [-0.15, -0.1) is 0 Å². The van der Waals surface area contributed by atoms with Crippen LogP contribution in [0.5, 0.6) is 0 Å². The fourth-order valence-corrected chi connectivity index (χ4v) is 3.18. The lowest BCUT2D eigenvalue weighted by atomic mass is 10.1. The molecule has 0 atom stereocenters. The number of aryl methyl sites for hydroxylation is 2. The molecule has 0 aliphatic heterocycles. The molecule has 0 unspecified atom stereocenters. The Hall–Kier alpha value is -2.47. The third-order valence-electron chi connectivity index (χ3n) is 3.76. The molecule has 3 aromatic heterocycles. The van der Waals surface area contributed by atoms with Crippen LogP contribution in [0.15, 0.2) is 45.7 Å². The number of nitrogens with zero attached hydrogens (tertiary/aromatic N) is 3. The van der Waals surface area contributed by atoms with Crippen LogP contribution in [0.4, 0.5) is 0 Å². The highest BCUT2D eigenvalue weighted by Gasteiger charge is 2.11. The van der Waals surface area contributed by atoms with Gasteiger partial charge in [-0.1, -0.05) is 15.9 Å². The number of hydrogen-bond donors (Lipinski definition) is 1. The minimum atomic E-state index is -0.117. The molecule has 4 rings (SSSR count). The second-order valence-corrected chi connectivity index (χ2v) is 6.50. The summed E-state index contributed by atoms with van der Waals surface area (Å²) >= 11 is 3.45. The smallest absolute Gasteiger partial charge is 0.259 e.